The summed E-state index contributed by atoms with van der Waals surface area (Å²) in [6.45, 7) is 0.555. The number of halogens is 1. The van der Waals surface area contributed by atoms with Crippen LogP contribution in [0.15, 0.2) is 41.1 Å². The molecule has 0 saturated heterocycles. The first-order valence-corrected chi connectivity index (χ1v) is 5.90. The number of hydrogen-bond acceptors (Lipinski definition) is 4. The van der Waals surface area contributed by atoms with E-state index in [1.165, 1.54) is 0 Å². The Kier molecular flexibility index (Phi) is 4.06. The quantitative estimate of drug-likeness (QED) is 0.941. The molecule has 0 aliphatic rings. The molecule has 0 amide bonds. The number of aromatic nitrogens is 2. The molecule has 0 atom stereocenters. The average Bonchev–Trinajstić information content (AvgIpc) is 2.35. The van der Waals surface area contributed by atoms with Gasteiger partial charge in [0.25, 0.3) is 0 Å². The Morgan fingerprint density at radius 2 is 1.94 bits per heavy atom. The molecule has 2 rings (SSSR count). The van der Waals surface area contributed by atoms with E-state index in [-0.39, 0.29) is 0 Å². The number of nitrogens with one attached hydrogen (secondary N) is 1. The van der Waals surface area contributed by atoms with Crippen LogP contribution in [0.4, 0.5) is 11.6 Å². The van der Waals surface area contributed by atoms with Crippen molar-refractivity contribution in [3.8, 4) is 0 Å². The molecule has 1 heterocycles. The molecular formula is C12H12BrN3O. The average molecular weight is 294 g/mol. The minimum absolute atomic E-state index is 0.555. The van der Waals surface area contributed by atoms with E-state index >= 15 is 0 Å². The summed E-state index contributed by atoms with van der Waals surface area (Å²) in [6, 6.07) is 7.91. The van der Waals surface area contributed by atoms with Gasteiger partial charge in [-0.05, 0) is 22.0 Å². The SMILES string of the molecule is COCc1ccccc1Nc1ncc(Br)cn1. The van der Waals surface area contributed by atoms with E-state index in [9.17, 15) is 0 Å². The number of benzene rings is 1. The molecule has 0 unspecified atom stereocenters. The van der Waals surface area contributed by atoms with Crippen LogP contribution in [-0.4, -0.2) is 17.1 Å². The van der Waals surface area contributed by atoms with Crippen LogP contribution in [0.1, 0.15) is 5.56 Å². The Bertz CT molecular complexity index is 487. The van der Waals surface area contributed by atoms with E-state index in [0.717, 1.165) is 15.7 Å². The minimum atomic E-state index is 0.555. The first kappa shape index (κ1) is 12.0. The second kappa shape index (κ2) is 5.75. The van der Waals surface area contributed by atoms with Crippen molar-refractivity contribution in [2.45, 2.75) is 6.61 Å². The van der Waals surface area contributed by atoms with Gasteiger partial charge in [0.15, 0.2) is 0 Å². The predicted molar refractivity (Wildman–Crippen MR) is 70.2 cm³/mol. The lowest BCUT2D eigenvalue weighted by Crippen LogP contribution is -2.00. The van der Waals surface area contributed by atoms with Crippen LogP contribution >= 0.6 is 15.9 Å². The molecule has 0 bridgehead atoms. The molecule has 2 aromatic rings. The van der Waals surface area contributed by atoms with Crippen LogP contribution < -0.4 is 5.32 Å². The Balaban J connectivity index is 2.20. The predicted octanol–water partition coefficient (Wildman–Crippen LogP) is 3.13. The number of hydrogen-bond donors (Lipinski definition) is 1. The van der Waals surface area contributed by atoms with E-state index in [1.807, 2.05) is 24.3 Å². The Hall–Kier alpha value is -1.46. The standard InChI is InChI=1S/C12H12BrN3O/c1-17-8-9-4-2-3-5-11(9)16-12-14-6-10(13)7-15-12/h2-7H,8H2,1H3,(H,14,15,16). The van der Waals surface area contributed by atoms with Gasteiger partial charge in [0.2, 0.25) is 5.95 Å². The lowest BCUT2D eigenvalue weighted by atomic mass is 10.2. The summed E-state index contributed by atoms with van der Waals surface area (Å²) in [5.41, 5.74) is 2.03. The number of rotatable bonds is 4. The highest BCUT2D eigenvalue weighted by Crippen LogP contribution is 2.19. The summed E-state index contributed by atoms with van der Waals surface area (Å²) in [5.74, 6) is 0.566. The number of methoxy groups -OCH3 is 1. The van der Waals surface area contributed by atoms with Crippen molar-refractivity contribution in [1.82, 2.24) is 9.97 Å². The zero-order chi connectivity index (χ0) is 12.1. The fraction of sp³-hybridized carbons (Fsp3) is 0.167. The molecular weight excluding hydrogens is 282 g/mol. The fourth-order valence-corrected chi connectivity index (χ4v) is 1.63. The molecule has 1 N–H and O–H groups in total. The summed E-state index contributed by atoms with van der Waals surface area (Å²) in [5, 5.41) is 3.16. The molecule has 0 radical (unpaired) electrons. The van der Waals surface area contributed by atoms with Gasteiger partial charge in [-0.3, -0.25) is 0 Å². The molecule has 1 aromatic heterocycles. The maximum absolute atomic E-state index is 5.14. The van der Waals surface area contributed by atoms with Crippen molar-refractivity contribution in [3.05, 3.63) is 46.7 Å². The summed E-state index contributed by atoms with van der Waals surface area (Å²) < 4.78 is 5.99. The van der Waals surface area contributed by atoms with E-state index in [4.69, 9.17) is 4.74 Å². The maximum Gasteiger partial charge on any atom is 0.227 e. The monoisotopic (exact) mass is 293 g/mol. The first-order chi connectivity index (χ1) is 8.29. The molecule has 0 saturated carbocycles. The molecule has 17 heavy (non-hydrogen) atoms. The molecule has 4 nitrogen and oxygen atoms in total. The highest BCUT2D eigenvalue weighted by Gasteiger charge is 2.03. The van der Waals surface area contributed by atoms with Gasteiger partial charge in [-0.1, -0.05) is 18.2 Å². The Labute approximate surface area is 108 Å². The number of anilines is 2. The van der Waals surface area contributed by atoms with Gasteiger partial charge in [-0.25, -0.2) is 9.97 Å². The number of nitrogens with zero attached hydrogens (tertiary/aromatic N) is 2. The summed E-state index contributed by atoms with van der Waals surface area (Å²) in [6.07, 6.45) is 3.41. The third-order valence-corrected chi connectivity index (χ3v) is 2.59. The van der Waals surface area contributed by atoms with Gasteiger partial charge in [-0.15, -0.1) is 0 Å². The van der Waals surface area contributed by atoms with E-state index in [0.29, 0.717) is 12.6 Å². The third-order valence-electron chi connectivity index (χ3n) is 2.18. The molecule has 5 heteroatoms. The van der Waals surface area contributed by atoms with Crippen molar-refractivity contribution < 1.29 is 4.74 Å². The zero-order valence-corrected chi connectivity index (χ0v) is 10.9. The number of para-hydroxylation sites is 1. The molecule has 0 fully saturated rings. The fourth-order valence-electron chi connectivity index (χ4n) is 1.42. The largest absolute Gasteiger partial charge is 0.380 e. The van der Waals surface area contributed by atoms with Gasteiger partial charge in [0.1, 0.15) is 0 Å². The van der Waals surface area contributed by atoms with E-state index in [1.54, 1.807) is 19.5 Å². The van der Waals surface area contributed by atoms with Gasteiger partial charge < -0.3 is 10.1 Å². The van der Waals surface area contributed by atoms with E-state index in [2.05, 4.69) is 31.2 Å². The van der Waals surface area contributed by atoms with Crippen molar-refractivity contribution in [3.63, 3.8) is 0 Å². The van der Waals surface area contributed by atoms with Gasteiger partial charge in [0.05, 0.1) is 11.1 Å². The molecule has 1 aromatic carbocycles. The highest BCUT2D eigenvalue weighted by molar-refractivity contribution is 9.10. The lowest BCUT2D eigenvalue weighted by molar-refractivity contribution is 0.185. The van der Waals surface area contributed by atoms with Gasteiger partial charge in [-0.2, -0.15) is 0 Å². The third kappa shape index (κ3) is 3.25. The smallest absolute Gasteiger partial charge is 0.227 e. The van der Waals surface area contributed by atoms with Crippen molar-refractivity contribution in [2.24, 2.45) is 0 Å². The minimum Gasteiger partial charge on any atom is -0.380 e. The first-order valence-electron chi connectivity index (χ1n) is 5.11. The van der Waals surface area contributed by atoms with Crippen molar-refractivity contribution in [1.29, 1.82) is 0 Å². The summed E-state index contributed by atoms with van der Waals surface area (Å²) in [7, 11) is 1.67. The zero-order valence-electron chi connectivity index (χ0n) is 9.35. The highest BCUT2D eigenvalue weighted by atomic mass is 79.9. The lowest BCUT2D eigenvalue weighted by Gasteiger charge is -2.09. The van der Waals surface area contributed by atoms with Crippen molar-refractivity contribution in [2.75, 3.05) is 12.4 Å². The number of ether oxygens (including phenoxy) is 1. The van der Waals surface area contributed by atoms with Crippen LogP contribution in [-0.2, 0) is 11.3 Å². The van der Waals surface area contributed by atoms with Crippen molar-refractivity contribution >= 4 is 27.6 Å². The normalized spacial score (nSPS) is 10.2. The van der Waals surface area contributed by atoms with Crippen LogP contribution in [0, 0.1) is 0 Å². The van der Waals surface area contributed by atoms with Crippen LogP contribution in [0.5, 0.6) is 0 Å². The van der Waals surface area contributed by atoms with Gasteiger partial charge in [0, 0.05) is 30.8 Å². The molecule has 88 valence electrons. The van der Waals surface area contributed by atoms with Crippen LogP contribution in [0.3, 0.4) is 0 Å². The Morgan fingerprint density at radius 3 is 2.65 bits per heavy atom. The maximum atomic E-state index is 5.14. The topological polar surface area (TPSA) is 47.0 Å². The van der Waals surface area contributed by atoms with Crippen LogP contribution in [0.2, 0.25) is 0 Å². The van der Waals surface area contributed by atoms with Gasteiger partial charge >= 0.3 is 0 Å². The Morgan fingerprint density at radius 1 is 1.24 bits per heavy atom. The second-order valence-corrected chi connectivity index (χ2v) is 4.36. The molecule has 0 aliphatic carbocycles. The summed E-state index contributed by atoms with van der Waals surface area (Å²) >= 11 is 3.30. The van der Waals surface area contributed by atoms with E-state index < -0.39 is 0 Å². The molecule has 0 aliphatic heterocycles. The second-order valence-electron chi connectivity index (χ2n) is 3.44. The molecule has 0 spiro atoms. The van der Waals surface area contributed by atoms with Crippen LogP contribution in [0.25, 0.3) is 0 Å². The summed E-state index contributed by atoms with van der Waals surface area (Å²) in [4.78, 5) is 8.33.